The topological polar surface area (TPSA) is 47.0 Å². The Morgan fingerprint density at radius 2 is 1.86 bits per heavy atom. The molecule has 0 saturated heterocycles. The number of nitrogens with one attached hydrogen (secondary N) is 1. The first-order valence-corrected chi connectivity index (χ1v) is 6.44. The number of nitrogens with zero attached hydrogens (tertiary/aromatic N) is 2. The SMILES string of the molecule is Fc1cnc(OCCc2ccccc2)nc1NCC(F)(F)F. The number of benzene rings is 1. The fraction of sp³-hybridized carbons (Fsp3) is 0.286. The minimum Gasteiger partial charge on any atom is -0.463 e. The number of ether oxygens (including phenoxy) is 1. The number of rotatable bonds is 6. The van der Waals surface area contributed by atoms with Crippen LogP contribution in [0.2, 0.25) is 0 Å². The van der Waals surface area contributed by atoms with Crippen molar-refractivity contribution in [2.75, 3.05) is 18.5 Å². The third kappa shape index (κ3) is 5.19. The summed E-state index contributed by atoms with van der Waals surface area (Å²) in [4.78, 5) is 7.17. The van der Waals surface area contributed by atoms with Crippen molar-refractivity contribution in [3.8, 4) is 6.01 Å². The summed E-state index contributed by atoms with van der Waals surface area (Å²) >= 11 is 0. The van der Waals surface area contributed by atoms with Gasteiger partial charge in [0.15, 0.2) is 11.6 Å². The Morgan fingerprint density at radius 3 is 2.55 bits per heavy atom. The predicted molar refractivity (Wildman–Crippen MR) is 72.2 cm³/mol. The first-order chi connectivity index (χ1) is 10.4. The molecule has 4 nitrogen and oxygen atoms in total. The van der Waals surface area contributed by atoms with E-state index in [-0.39, 0.29) is 12.6 Å². The molecular weight excluding hydrogens is 302 g/mol. The molecule has 0 aliphatic heterocycles. The second-order valence-electron chi connectivity index (χ2n) is 4.40. The Morgan fingerprint density at radius 1 is 1.14 bits per heavy atom. The molecule has 1 aromatic carbocycles. The number of alkyl halides is 3. The predicted octanol–water partition coefficient (Wildman–Crippen LogP) is 3.21. The average Bonchev–Trinajstić information content (AvgIpc) is 2.48. The lowest BCUT2D eigenvalue weighted by Crippen LogP contribution is -2.22. The van der Waals surface area contributed by atoms with E-state index >= 15 is 0 Å². The van der Waals surface area contributed by atoms with Gasteiger partial charge in [0.25, 0.3) is 0 Å². The maximum absolute atomic E-state index is 13.3. The van der Waals surface area contributed by atoms with E-state index in [4.69, 9.17) is 4.74 Å². The molecule has 1 N–H and O–H groups in total. The number of anilines is 1. The Kier molecular flexibility index (Phi) is 5.13. The van der Waals surface area contributed by atoms with Gasteiger partial charge in [0.05, 0.1) is 12.8 Å². The van der Waals surface area contributed by atoms with Gasteiger partial charge < -0.3 is 10.1 Å². The zero-order valence-corrected chi connectivity index (χ0v) is 11.4. The van der Waals surface area contributed by atoms with Crippen LogP contribution in [0.5, 0.6) is 6.01 Å². The maximum Gasteiger partial charge on any atom is 0.405 e. The monoisotopic (exact) mass is 315 g/mol. The van der Waals surface area contributed by atoms with Crippen LogP contribution in [0.3, 0.4) is 0 Å². The van der Waals surface area contributed by atoms with Crippen molar-refractivity contribution in [3.05, 3.63) is 47.9 Å². The van der Waals surface area contributed by atoms with E-state index in [1.807, 2.05) is 35.6 Å². The summed E-state index contributed by atoms with van der Waals surface area (Å²) in [7, 11) is 0. The van der Waals surface area contributed by atoms with Crippen molar-refractivity contribution in [1.29, 1.82) is 0 Å². The van der Waals surface area contributed by atoms with Gasteiger partial charge >= 0.3 is 12.2 Å². The van der Waals surface area contributed by atoms with Gasteiger partial charge in [0, 0.05) is 6.42 Å². The van der Waals surface area contributed by atoms with Gasteiger partial charge in [-0.1, -0.05) is 30.3 Å². The molecule has 0 bridgehead atoms. The van der Waals surface area contributed by atoms with E-state index in [0.717, 1.165) is 11.8 Å². The van der Waals surface area contributed by atoms with Gasteiger partial charge in [0.2, 0.25) is 0 Å². The molecule has 2 rings (SSSR count). The van der Waals surface area contributed by atoms with Crippen LogP contribution < -0.4 is 10.1 Å². The zero-order chi connectivity index (χ0) is 16.0. The molecule has 2 aromatic rings. The van der Waals surface area contributed by atoms with Crippen LogP contribution in [0, 0.1) is 5.82 Å². The number of aromatic nitrogens is 2. The fourth-order valence-electron chi connectivity index (χ4n) is 1.63. The van der Waals surface area contributed by atoms with Crippen LogP contribution >= 0.6 is 0 Å². The van der Waals surface area contributed by atoms with Gasteiger partial charge in [0.1, 0.15) is 6.54 Å². The molecular formula is C14H13F4N3O. The van der Waals surface area contributed by atoms with Crippen LogP contribution in [-0.2, 0) is 6.42 Å². The molecule has 22 heavy (non-hydrogen) atoms. The fourth-order valence-corrected chi connectivity index (χ4v) is 1.63. The molecule has 0 aliphatic rings. The highest BCUT2D eigenvalue weighted by Crippen LogP contribution is 2.18. The normalized spacial score (nSPS) is 11.3. The summed E-state index contributed by atoms with van der Waals surface area (Å²) in [5.74, 6) is -1.51. The third-order valence-electron chi connectivity index (χ3n) is 2.64. The summed E-state index contributed by atoms with van der Waals surface area (Å²) in [6.45, 7) is -1.15. The van der Waals surface area contributed by atoms with E-state index < -0.39 is 24.4 Å². The minimum absolute atomic E-state index is 0.179. The van der Waals surface area contributed by atoms with Crippen molar-refractivity contribution in [2.24, 2.45) is 0 Å². The Hall–Kier alpha value is -2.38. The lowest BCUT2D eigenvalue weighted by Gasteiger charge is -2.10. The molecule has 8 heteroatoms. The number of halogens is 4. The average molecular weight is 315 g/mol. The maximum atomic E-state index is 13.3. The second kappa shape index (κ2) is 7.06. The summed E-state index contributed by atoms with van der Waals surface area (Å²) in [5.41, 5.74) is 1.03. The van der Waals surface area contributed by atoms with E-state index in [9.17, 15) is 17.6 Å². The van der Waals surface area contributed by atoms with Crippen LogP contribution in [0.15, 0.2) is 36.5 Å². The quantitative estimate of drug-likeness (QED) is 0.832. The van der Waals surface area contributed by atoms with E-state index in [0.29, 0.717) is 6.42 Å². The van der Waals surface area contributed by atoms with Gasteiger partial charge in [-0.25, -0.2) is 9.37 Å². The van der Waals surface area contributed by atoms with Crippen LogP contribution in [0.1, 0.15) is 5.56 Å². The van der Waals surface area contributed by atoms with Crippen molar-refractivity contribution >= 4 is 5.82 Å². The zero-order valence-electron chi connectivity index (χ0n) is 11.4. The van der Waals surface area contributed by atoms with Gasteiger partial charge in [-0.2, -0.15) is 18.2 Å². The van der Waals surface area contributed by atoms with Crippen molar-refractivity contribution in [3.63, 3.8) is 0 Å². The third-order valence-corrected chi connectivity index (χ3v) is 2.64. The molecule has 0 saturated carbocycles. The van der Waals surface area contributed by atoms with Crippen molar-refractivity contribution < 1.29 is 22.3 Å². The molecule has 1 heterocycles. The summed E-state index contributed by atoms with van der Waals surface area (Å²) < 4.78 is 54.9. The smallest absolute Gasteiger partial charge is 0.405 e. The molecule has 0 atom stereocenters. The van der Waals surface area contributed by atoms with E-state index in [1.165, 1.54) is 0 Å². The molecule has 0 amide bonds. The first kappa shape index (κ1) is 16.0. The van der Waals surface area contributed by atoms with Gasteiger partial charge in [-0.15, -0.1) is 0 Å². The highest BCUT2D eigenvalue weighted by Gasteiger charge is 2.27. The number of hydrogen-bond acceptors (Lipinski definition) is 4. The highest BCUT2D eigenvalue weighted by atomic mass is 19.4. The largest absolute Gasteiger partial charge is 0.463 e. The minimum atomic E-state index is -4.47. The van der Waals surface area contributed by atoms with E-state index in [2.05, 4.69) is 9.97 Å². The molecule has 0 fully saturated rings. The van der Waals surface area contributed by atoms with Crippen LogP contribution in [0.4, 0.5) is 23.4 Å². The number of hydrogen-bond donors (Lipinski definition) is 1. The molecule has 0 radical (unpaired) electrons. The summed E-state index contributed by atoms with van der Waals surface area (Å²) in [5, 5.41) is 1.87. The van der Waals surface area contributed by atoms with Gasteiger partial charge in [-0.3, -0.25) is 0 Å². The lowest BCUT2D eigenvalue weighted by atomic mass is 10.2. The van der Waals surface area contributed by atoms with Crippen molar-refractivity contribution in [2.45, 2.75) is 12.6 Å². The van der Waals surface area contributed by atoms with Crippen molar-refractivity contribution in [1.82, 2.24) is 9.97 Å². The standard InChI is InChI=1S/C14H13F4N3O/c15-11-8-19-13(21-12(11)20-9-14(16,17)18)22-7-6-10-4-2-1-3-5-10/h1-5,8H,6-7,9H2,(H,19,20,21). The van der Waals surface area contributed by atoms with Crippen LogP contribution in [-0.4, -0.2) is 29.3 Å². The highest BCUT2D eigenvalue weighted by molar-refractivity contribution is 5.36. The van der Waals surface area contributed by atoms with Gasteiger partial charge in [-0.05, 0) is 5.56 Å². The lowest BCUT2D eigenvalue weighted by molar-refractivity contribution is -0.115. The summed E-state index contributed by atoms with van der Waals surface area (Å²) in [6.07, 6.45) is -3.12. The Bertz CT molecular complexity index is 605. The second-order valence-corrected chi connectivity index (χ2v) is 4.40. The van der Waals surface area contributed by atoms with E-state index in [1.54, 1.807) is 0 Å². The molecule has 118 valence electrons. The molecule has 0 spiro atoms. The Balaban J connectivity index is 1.91. The summed E-state index contributed by atoms with van der Waals surface area (Å²) in [6, 6.07) is 9.27. The molecule has 0 unspecified atom stereocenters. The molecule has 0 aliphatic carbocycles. The Labute approximate surface area is 124 Å². The first-order valence-electron chi connectivity index (χ1n) is 6.44. The molecule has 1 aromatic heterocycles. The van der Waals surface area contributed by atoms with Crippen LogP contribution in [0.25, 0.3) is 0 Å².